The Hall–Kier alpha value is -1.30. The molecule has 1 aliphatic heterocycles. The highest BCUT2D eigenvalue weighted by Crippen LogP contribution is 2.18. The molecule has 6 nitrogen and oxygen atoms in total. The Labute approximate surface area is 107 Å². The number of carboxylic acids is 1. The lowest BCUT2D eigenvalue weighted by Crippen LogP contribution is -2.36. The molecule has 1 fully saturated rings. The fraction of sp³-hybridized carbons (Fsp3) is 0.833. The van der Waals surface area contributed by atoms with Crippen molar-refractivity contribution in [2.75, 3.05) is 13.1 Å². The lowest BCUT2D eigenvalue weighted by atomic mass is 10.2. The van der Waals surface area contributed by atoms with Crippen LogP contribution >= 0.6 is 0 Å². The predicted molar refractivity (Wildman–Crippen MR) is 64.4 cm³/mol. The monoisotopic (exact) mass is 259 g/mol. The zero-order valence-electron chi connectivity index (χ0n) is 11.3. The maximum absolute atomic E-state index is 11.8. The first-order chi connectivity index (χ1) is 8.19. The summed E-state index contributed by atoms with van der Waals surface area (Å²) in [6, 6.07) is 0. The minimum absolute atomic E-state index is 0.233. The van der Waals surface area contributed by atoms with Gasteiger partial charge in [-0.15, -0.1) is 0 Å². The van der Waals surface area contributed by atoms with Gasteiger partial charge in [0.1, 0.15) is 5.60 Å². The van der Waals surface area contributed by atoms with E-state index in [0.29, 0.717) is 19.5 Å². The minimum atomic E-state index is -0.995. The van der Waals surface area contributed by atoms with Gasteiger partial charge in [0.05, 0.1) is 12.6 Å². The van der Waals surface area contributed by atoms with E-state index in [-0.39, 0.29) is 12.2 Å². The van der Waals surface area contributed by atoms with E-state index in [1.54, 1.807) is 4.90 Å². The van der Waals surface area contributed by atoms with Crippen LogP contribution in [-0.4, -0.2) is 53.0 Å². The van der Waals surface area contributed by atoms with Crippen LogP contribution in [0.15, 0.2) is 0 Å². The van der Waals surface area contributed by atoms with Crippen molar-refractivity contribution in [1.82, 2.24) is 4.90 Å². The van der Waals surface area contributed by atoms with Crippen LogP contribution < -0.4 is 0 Å². The van der Waals surface area contributed by atoms with Crippen LogP contribution in [0.4, 0.5) is 4.79 Å². The lowest BCUT2D eigenvalue weighted by molar-refractivity contribution is -0.152. The number of ether oxygens (including phenoxy) is 2. The number of carbonyl (C=O) groups is 2. The summed E-state index contributed by atoms with van der Waals surface area (Å²) in [5, 5.41) is 8.74. The molecule has 0 spiro atoms. The predicted octanol–water partition coefficient (Wildman–Crippen LogP) is 1.49. The van der Waals surface area contributed by atoms with E-state index in [4.69, 9.17) is 14.6 Å². The Morgan fingerprint density at radius 1 is 1.39 bits per heavy atom. The Balaban J connectivity index is 2.41. The normalized spacial score (nSPS) is 21.8. The van der Waals surface area contributed by atoms with Crippen molar-refractivity contribution in [2.24, 2.45) is 0 Å². The highest BCUT2D eigenvalue weighted by atomic mass is 16.6. The van der Waals surface area contributed by atoms with E-state index in [2.05, 4.69) is 0 Å². The van der Waals surface area contributed by atoms with Gasteiger partial charge in [0.15, 0.2) is 6.10 Å². The third-order valence-electron chi connectivity index (χ3n) is 2.54. The number of aliphatic carboxylic acids is 1. The van der Waals surface area contributed by atoms with Crippen molar-refractivity contribution in [3.05, 3.63) is 0 Å². The summed E-state index contributed by atoms with van der Waals surface area (Å²) in [5.74, 6) is -0.995. The summed E-state index contributed by atoms with van der Waals surface area (Å²) in [6.07, 6.45) is -0.828. The van der Waals surface area contributed by atoms with Crippen LogP contribution in [0.5, 0.6) is 0 Å². The molecule has 0 bridgehead atoms. The van der Waals surface area contributed by atoms with E-state index in [9.17, 15) is 9.59 Å². The molecule has 0 aromatic heterocycles. The van der Waals surface area contributed by atoms with Gasteiger partial charge in [-0.3, -0.25) is 0 Å². The van der Waals surface area contributed by atoms with Gasteiger partial charge >= 0.3 is 12.1 Å². The van der Waals surface area contributed by atoms with E-state index in [1.807, 2.05) is 20.8 Å². The molecule has 0 radical (unpaired) electrons. The molecular formula is C12H21NO5. The van der Waals surface area contributed by atoms with Crippen LogP contribution in [0, 0.1) is 0 Å². The number of amides is 1. The quantitative estimate of drug-likeness (QED) is 0.831. The maximum Gasteiger partial charge on any atom is 0.410 e. The van der Waals surface area contributed by atoms with E-state index < -0.39 is 17.7 Å². The van der Waals surface area contributed by atoms with Gasteiger partial charge in [-0.05, 0) is 34.1 Å². The Bertz CT molecular complexity index is 323. The molecule has 1 saturated heterocycles. The highest BCUT2D eigenvalue weighted by molar-refractivity contribution is 5.71. The summed E-state index contributed by atoms with van der Waals surface area (Å²) in [7, 11) is 0. The van der Waals surface area contributed by atoms with Crippen LogP contribution in [0.3, 0.4) is 0 Å². The molecule has 1 rings (SSSR count). The molecule has 104 valence electrons. The second kappa shape index (κ2) is 5.56. The largest absolute Gasteiger partial charge is 0.479 e. The molecular weight excluding hydrogens is 238 g/mol. The zero-order chi connectivity index (χ0) is 13.9. The molecule has 0 unspecified atom stereocenters. The number of carboxylic acid groups (broad SMARTS) is 1. The van der Waals surface area contributed by atoms with Crippen LogP contribution in [0.25, 0.3) is 0 Å². The molecule has 1 N–H and O–H groups in total. The second-order valence-electron chi connectivity index (χ2n) is 5.45. The van der Waals surface area contributed by atoms with E-state index in [0.717, 1.165) is 0 Å². The van der Waals surface area contributed by atoms with Gasteiger partial charge in [0.25, 0.3) is 0 Å². The summed E-state index contributed by atoms with van der Waals surface area (Å²) in [5.41, 5.74) is -0.523. The van der Waals surface area contributed by atoms with Gasteiger partial charge in [0.2, 0.25) is 0 Å². The van der Waals surface area contributed by atoms with Gasteiger partial charge in [-0.25, -0.2) is 9.59 Å². The molecule has 0 aromatic carbocycles. The minimum Gasteiger partial charge on any atom is -0.479 e. The van der Waals surface area contributed by atoms with E-state index >= 15 is 0 Å². The molecule has 1 aliphatic rings. The molecule has 6 heteroatoms. The summed E-state index contributed by atoms with van der Waals surface area (Å²) in [4.78, 5) is 24.0. The smallest absolute Gasteiger partial charge is 0.410 e. The first-order valence-corrected chi connectivity index (χ1v) is 6.05. The summed E-state index contributed by atoms with van der Waals surface area (Å²) < 4.78 is 10.6. The van der Waals surface area contributed by atoms with Crippen molar-refractivity contribution >= 4 is 12.1 Å². The topological polar surface area (TPSA) is 76.1 Å². The average Bonchev–Trinajstić information content (AvgIpc) is 2.63. The van der Waals surface area contributed by atoms with Crippen molar-refractivity contribution in [1.29, 1.82) is 0 Å². The van der Waals surface area contributed by atoms with Crippen molar-refractivity contribution < 1.29 is 24.2 Å². The molecule has 1 amide bonds. The van der Waals surface area contributed by atoms with Crippen molar-refractivity contribution in [3.63, 3.8) is 0 Å². The number of carbonyl (C=O) groups excluding carboxylic acids is 1. The average molecular weight is 259 g/mol. The SMILES string of the molecule is C[C@H](O[C@H]1CCN(C(=O)OC(C)(C)C)C1)C(=O)O. The first kappa shape index (κ1) is 14.8. The Kier molecular flexibility index (Phi) is 4.56. The molecule has 1 heterocycles. The van der Waals surface area contributed by atoms with Crippen molar-refractivity contribution in [2.45, 2.75) is 51.9 Å². The number of hydrogen-bond acceptors (Lipinski definition) is 4. The molecule has 0 aromatic rings. The van der Waals surface area contributed by atoms with Crippen LogP contribution in [0.1, 0.15) is 34.1 Å². The van der Waals surface area contributed by atoms with Gasteiger partial charge in [-0.2, -0.15) is 0 Å². The number of hydrogen-bond donors (Lipinski definition) is 1. The number of likely N-dealkylation sites (tertiary alicyclic amines) is 1. The molecule has 2 atom stereocenters. The third kappa shape index (κ3) is 4.52. The Morgan fingerprint density at radius 3 is 2.50 bits per heavy atom. The number of nitrogens with zero attached hydrogens (tertiary/aromatic N) is 1. The van der Waals surface area contributed by atoms with E-state index in [1.165, 1.54) is 6.92 Å². The second-order valence-corrected chi connectivity index (χ2v) is 5.45. The van der Waals surface area contributed by atoms with Gasteiger partial charge in [0, 0.05) is 6.54 Å². The summed E-state index contributed by atoms with van der Waals surface area (Å²) in [6.45, 7) is 7.82. The van der Waals surface area contributed by atoms with Crippen LogP contribution in [0.2, 0.25) is 0 Å². The van der Waals surface area contributed by atoms with Gasteiger partial charge in [-0.1, -0.05) is 0 Å². The number of rotatable bonds is 3. The Morgan fingerprint density at radius 2 is 2.00 bits per heavy atom. The lowest BCUT2D eigenvalue weighted by Gasteiger charge is -2.24. The fourth-order valence-corrected chi connectivity index (χ4v) is 1.68. The summed E-state index contributed by atoms with van der Waals surface area (Å²) >= 11 is 0. The first-order valence-electron chi connectivity index (χ1n) is 6.05. The molecule has 0 saturated carbocycles. The molecule has 0 aliphatic carbocycles. The highest BCUT2D eigenvalue weighted by Gasteiger charge is 2.31. The van der Waals surface area contributed by atoms with Crippen LogP contribution in [-0.2, 0) is 14.3 Å². The maximum atomic E-state index is 11.8. The standard InChI is InChI=1S/C12H21NO5/c1-8(10(14)15)17-9-5-6-13(7-9)11(16)18-12(2,3)4/h8-9H,5-7H2,1-4H3,(H,14,15)/t8-,9-/m0/s1. The third-order valence-corrected chi connectivity index (χ3v) is 2.54. The fourth-order valence-electron chi connectivity index (χ4n) is 1.68. The van der Waals surface area contributed by atoms with Crippen molar-refractivity contribution in [3.8, 4) is 0 Å². The molecule has 18 heavy (non-hydrogen) atoms. The zero-order valence-corrected chi connectivity index (χ0v) is 11.3. The van der Waals surface area contributed by atoms with Gasteiger partial charge < -0.3 is 19.5 Å².